The van der Waals surface area contributed by atoms with Gasteiger partial charge in [-0.2, -0.15) is 0 Å². The number of methoxy groups -OCH3 is 1. The van der Waals surface area contributed by atoms with Gasteiger partial charge in [-0.15, -0.1) is 0 Å². The molecule has 2 aromatic rings. The number of carbonyl (C=O) groups excluding carboxylic acids is 1. The maximum absolute atomic E-state index is 13.5. The molecule has 2 rings (SSSR count). The summed E-state index contributed by atoms with van der Waals surface area (Å²) in [7, 11) is 1.55. The number of amides is 1. The van der Waals surface area contributed by atoms with E-state index in [2.05, 4.69) is 5.32 Å². The molecule has 110 valence electrons. The predicted octanol–water partition coefficient (Wildman–Crippen LogP) is 3.24. The lowest BCUT2D eigenvalue weighted by atomic mass is 10.2. The predicted molar refractivity (Wildman–Crippen MR) is 78.1 cm³/mol. The Morgan fingerprint density at radius 1 is 1.14 bits per heavy atom. The van der Waals surface area contributed by atoms with E-state index in [4.69, 9.17) is 9.47 Å². The van der Waals surface area contributed by atoms with Crippen molar-refractivity contribution in [1.29, 1.82) is 0 Å². The monoisotopic (exact) mass is 289 g/mol. The first-order valence-electron chi connectivity index (χ1n) is 6.46. The van der Waals surface area contributed by atoms with Crippen molar-refractivity contribution in [1.82, 2.24) is 0 Å². The van der Waals surface area contributed by atoms with E-state index < -0.39 is 17.8 Å². The fourth-order valence-corrected chi connectivity index (χ4v) is 1.73. The second kappa shape index (κ2) is 6.74. The number of ether oxygens (including phenoxy) is 2. The number of rotatable bonds is 5. The lowest BCUT2D eigenvalue weighted by molar-refractivity contribution is -0.122. The summed E-state index contributed by atoms with van der Waals surface area (Å²) in [4.78, 5) is 12.0. The van der Waals surface area contributed by atoms with E-state index in [9.17, 15) is 9.18 Å². The Balaban J connectivity index is 2.01. The van der Waals surface area contributed by atoms with Gasteiger partial charge in [0.25, 0.3) is 5.91 Å². The molecule has 1 atom stereocenters. The van der Waals surface area contributed by atoms with Gasteiger partial charge in [-0.1, -0.05) is 18.2 Å². The molecule has 0 bridgehead atoms. The van der Waals surface area contributed by atoms with Crippen molar-refractivity contribution in [3.8, 4) is 11.5 Å². The summed E-state index contributed by atoms with van der Waals surface area (Å²) in [6, 6.07) is 12.9. The molecule has 2 aromatic carbocycles. The van der Waals surface area contributed by atoms with E-state index in [0.717, 1.165) is 0 Å². The highest BCUT2D eigenvalue weighted by Crippen LogP contribution is 2.20. The number of hydrogen-bond acceptors (Lipinski definition) is 3. The fourth-order valence-electron chi connectivity index (χ4n) is 1.73. The maximum Gasteiger partial charge on any atom is 0.265 e. The quantitative estimate of drug-likeness (QED) is 0.919. The molecule has 0 aliphatic heterocycles. The van der Waals surface area contributed by atoms with Crippen LogP contribution in [0, 0.1) is 5.82 Å². The Labute approximate surface area is 122 Å². The molecular formula is C16H16FNO3. The van der Waals surface area contributed by atoms with Gasteiger partial charge in [0.05, 0.1) is 12.8 Å². The second-order valence-corrected chi connectivity index (χ2v) is 4.41. The number of anilines is 1. The Kier molecular flexibility index (Phi) is 4.77. The minimum absolute atomic E-state index is 0.128. The molecule has 1 N–H and O–H groups in total. The molecule has 0 heterocycles. The van der Waals surface area contributed by atoms with Crippen molar-refractivity contribution in [3.63, 3.8) is 0 Å². The lowest BCUT2D eigenvalue weighted by Gasteiger charge is -2.15. The van der Waals surface area contributed by atoms with Crippen molar-refractivity contribution in [2.45, 2.75) is 13.0 Å². The third kappa shape index (κ3) is 3.95. The van der Waals surface area contributed by atoms with E-state index >= 15 is 0 Å². The largest absolute Gasteiger partial charge is 0.497 e. The maximum atomic E-state index is 13.5. The Morgan fingerprint density at radius 3 is 2.57 bits per heavy atom. The summed E-state index contributed by atoms with van der Waals surface area (Å²) >= 11 is 0. The summed E-state index contributed by atoms with van der Waals surface area (Å²) in [5, 5.41) is 2.49. The number of hydrogen-bond donors (Lipinski definition) is 1. The molecule has 0 saturated carbocycles. The number of para-hydroxylation sites is 1. The van der Waals surface area contributed by atoms with E-state index in [1.807, 2.05) is 0 Å². The number of benzene rings is 2. The van der Waals surface area contributed by atoms with Gasteiger partial charge >= 0.3 is 0 Å². The summed E-state index contributed by atoms with van der Waals surface area (Å²) < 4.78 is 24.1. The summed E-state index contributed by atoms with van der Waals surface area (Å²) in [5.41, 5.74) is 0.128. The zero-order chi connectivity index (χ0) is 15.2. The zero-order valence-corrected chi connectivity index (χ0v) is 11.8. The number of carbonyl (C=O) groups is 1. The van der Waals surface area contributed by atoms with Gasteiger partial charge in [-0.3, -0.25) is 4.79 Å². The summed E-state index contributed by atoms with van der Waals surface area (Å²) in [5.74, 6) is 0.224. The van der Waals surface area contributed by atoms with Crippen LogP contribution in [-0.4, -0.2) is 19.1 Å². The van der Waals surface area contributed by atoms with E-state index in [1.54, 1.807) is 50.4 Å². The summed E-state index contributed by atoms with van der Waals surface area (Å²) in [6.45, 7) is 1.59. The third-order valence-corrected chi connectivity index (χ3v) is 2.86. The van der Waals surface area contributed by atoms with Crippen molar-refractivity contribution in [3.05, 3.63) is 54.3 Å². The molecular weight excluding hydrogens is 273 g/mol. The standard InChI is InChI=1S/C16H16FNO3/c1-11(21-13-7-5-6-12(10-13)20-2)16(19)18-15-9-4-3-8-14(15)17/h3-11H,1-2H3,(H,18,19). The first kappa shape index (κ1) is 14.8. The van der Waals surface area contributed by atoms with Crippen molar-refractivity contribution >= 4 is 11.6 Å². The average Bonchev–Trinajstić information content (AvgIpc) is 2.49. The first-order chi connectivity index (χ1) is 10.1. The molecule has 4 nitrogen and oxygen atoms in total. The van der Waals surface area contributed by atoms with Crippen molar-refractivity contribution < 1.29 is 18.7 Å². The SMILES string of the molecule is COc1cccc(OC(C)C(=O)Nc2ccccc2F)c1. The van der Waals surface area contributed by atoms with Crippen LogP contribution in [0.15, 0.2) is 48.5 Å². The normalized spacial score (nSPS) is 11.6. The van der Waals surface area contributed by atoms with Crippen LogP contribution in [0.5, 0.6) is 11.5 Å². The van der Waals surface area contributed by atoms with Gasteiger partial charge in [0.15, 0.2) is 6.10 Å². The van der Waals surface area contributed by atoms with E-state index in [-0.39, 0.29) is 5.69 Å². The van der Waals surface area contributed by atoms with Crippen molar-refractivity contribution in [2.24, 2.45) is 0 Å². The molecule has 0 fully saturated rings. The molecule has 0 aliphatic carbocycles. The minimum Gasteiger partial charge on any atom is -0.497 e. The summed E-state index contributed by atoms with van der Waals surface area (Å²) in [6.07, 6.45) is -0.767. The molecule has 0 saturated heterocycles. The van der Waals surface area contributed by atoms with Gasteiger partial charge in [0.1, 0.15) is 17.3 Å². The zero-order valence-electron chi connectivity index (χ0n) is 11.8. The molecule has 21 heavy (non-hydrogen) atoms. The molecule has 0 radical (unpaired) electrons. The van der Waals surface area contributed by atoms with Gasteiger partial charge in [0, 0.05) is 6.07 Å². The molecule has 1 amide bonds. The molecule has 0 aliphatic rings. The number of halogens is 1. The van der Waals surface area contributed by atoms with Crippen molar-refractivity contribution in [2.75, 3.05) is 12.4 Å². The highest BCUT2D eigenvalue weighted by atomic mass is 19.1. The van der Waals surface area contributed by atoms with Crippen LogP contribution in [0.2, 0.25) is 0 Å². The molecule has 1 unspecified atom stereocenters. The molecule has 0 spiro atoms. The minimum atomic E-state index is -0.767. The van der Waals surface area contributed by atoms with Gasteiger partial charge < -0.3 is 14.8 Å². The van der Waals surface area contributed by atoms with Crippen LogP contribution in [0.3, 0.4) is 0 Å². The molecule has 5 heteroatoms. The van der Waals surface area contributed by atoms with E-state index in [1.165, 1.54) is 12.1 Å². The van der Waals surface area contributed by atoms with Crippen LogP contribution in [-0.2, 0) is 4.79 Å². The fraction of sp³-hybridized carbons (Fsp3) is 0.188. The third-order valence-electron chi connectivity index (χ3n) is 2.86. The van der Waals surface area contributed by atoms with Crippen LogP contribution in [0.1, 0.15) is 6.92 Å². The topological polar surface area (TPSA) is 47.6 Å². The van der Waals surface area contributed by atoms with Crippen LogP contribution >= 0.6 is 0 Å². The highest BCUT2D eigenvalue weighted by Gasteiger charge is 2.16. The Bertz CT molecular complexity index is 630. The lowest BCUT2D eigenvalue weighted by Crippen LogP contribution is -2.30. The van der Waals surface area contributed by atoms with E-state index in [0.29, 0.717) is 11.5 Å². The Morgan fingerprint density at radius 2 is 1.86 bits per heavy atom. The van der Waals surface area contributed by atoms with Gasteiger partial charge in [-0.05, 0) is 31.2 Å². The van der Waals surface area contributed by atoms with Gasteiger partial charge in [-0.25, -0.2) is 4.39 Å². The first-order valence-corrected chi connectivity index (χ1v) is 6.46. The van der Waals surface area contributed by atoms with Crippen LogP contribution < -0.4 is 14.8 Å². The number of nitrogens with one attached hydrogen (secondary N) is 1. The smallest absolute Gasteiger partial charge is 0.265 e. The second-order valence-electron chi connectivity index (χ2n) is 4.41. The van der Waals surface area contributed by atoms with Crippen LogP contribution in [0.25, 0.3) is 0 Å². The van der Waals surface area contributed by atoms with Gasteiger partial charge in [0.2, 0.25) is 0 Å². The average molecular weight is 289 g/mol. The Hall–Kier alpha value is -2.56. The van der Waals surface area contributed by atoms with Crippen LogP contribution in [0.4, 0.5) is 10.1 Å². The highest BCUT2D eigenvalue weighted by molar-refractivity contribution is 5.94. The molecule has 0 aromatic heterocycles.